The van der Waals surface area contributed by atoms with Crippen molar-refractivity contribution in [3.05, 3.63) is 137 Å². The van der Waals surface area contributed by atoms with Crippen molar-refractivity contribution < 1.29 is 42.9 Å². The van der Waals surface area contributed by atoms with Crippen molar-refractivity contribution in [3.8, 4) is 0 Å². The van der Waals surface area contributed by atoms with Gasteiger partial charge >= 0.3 is 23.9 Å². The molecule has 4 atom stereocenters. The third-order valence-electron chi connectivity index (χ3n) is 6.71. The molecule has 0 N–H and O–H groups in total. The Hall–Kier alpha value is -5.35. The van der Waals surface area contributed by atoms with Crippen molar-refractivity contribution >= 4 is 23.9 Å². The summed E-state index contributed by atoms with van der Waals surface area (Å²) < 4.78 is 28.5. The number of benzene rings is 3. The van der Waals surface area contributed by atoms with Gasteiger partial charge in [-0.25, -0.2) is 24.2 Å². The molecule has 5 rings (SSSR count). The van der Waals surface area contributed by atoms with Crippen molar-refractivity contribution in [2.45, 2.75) is 24.4 Å². The van der Waals surface area contributed by atoms with Crippen LogP contribution in [0.15, 0.2) is 109 Å². The summed E-state index contributed by atoms with van der Waals surface area (Å²) in [5.41, 5.74) is 1.24. The number of carbonyl (C=O) groups is 4. The van der Waals surface area contributed by atoms with Gasteiger partial charge in [0.25, 0.3) is 0 Å². The molecule has 4 aromatic rings. The standard InChI is InChI=1S/C33H27NO9/c1-39-33(38)25-19-24(17-18-34-25)27-29(43-32(37)23-15-9-4-10-16-23)28(42-31(36)22-13-7-3-8-14-22)26(41-27)20-40-30(35)21-11-5-2-6-12-21/h2-19,26-29H,20H2,1H3/t26-,27+,28-,29+/m1/s1. The molecular formula is C33H27NO9. The van der Waals surface area contributed by atoms with Gasteiger partial charge in [-0.3, -0.25) is 0 Å². The largest absolute Gasteiger partial charge is 0.464 e. The second-order valence-corrected chi connectivity index (χ2v) is 9.50. The van der Waals surface area contributed by atoms with E-state index in [4.69, 9.17) is 23.7 Å². The predicted octanol–water partition coefficient (Wildman–Crippen LogP) is 4.62. The van der Waals surface area contributed by atoms with Crippen molar-refractivity contribution in [2.75, 3.05) is 13.7 Å². The van der Waals surface area contributed by atoms with Gasteiger partial charge in [-0.2, -0.15) is 0 Å². The summed E-state index contributed by atoms with van der Waals surface area (Å²) in [7, 11) is 1.23. The number of aromatic nitrogens is 1. The quantitative estimate of drug-likeness (QED) is 0.204. The molecule has 0 bridgehead atoms. The Kier molecular flexibility index (Phi) is 9.18. The highest BCUT2D eigenvalue weighted by Gasteiger charge is 2.51. The van der Waals surface area contributed by atoms with E-state index >= 15 is 0 Å². The highest BCUT2D eigenvalue weighted by Crippen LogP contribution is 2.38. The Morgan fingerprint density at radius 1 is 0.674 bits per heavy atom. The lowest BCUT2D eigenvalue weighted by molar-refractivity contribution is -0.0450. The van der Waals surface area contributed by atoms with E-state index in [9.17, 15) is 19.2 Å². The summed E-state index contributed by atoms with van der Waals surface area (Å²) in [6.45, 7) is -0.328. The lowest BCUT2D eigenvalue weighted by atomic mass is 10.0. The molecule has 3 aromatic carbocycles. The number of rotatable bonds is 9. The highest BCUT2D eigenvalue weighted by atomic mass is 16.6. The molecule has 0 spiro atoms. The maximum atomic E-state index is 13.3. The first-order chi connectivity index (χ1) is 20.9. The third-order valence-corrected chi connectivity index (χ3v) is 6.71. The molecule has 1 aliphatic rings. The summed E-state index contributed by atoms with van der Waals surface area (Å²) in [5.74, 6) is -2.68. The van der Waals surface area contributed by atoms with Crippen LogP contribution in [0.2, 0.25) is 0 Å². The fourth-order valence-electron chi connectivity index (χ4n) is 4.59. The van der Waals surface area contributed by atoms with Gasteiger partial charge in [-0.05, 0) is 54.1 Å². The van der Waals surface area contributed by atoms with Gasteiger partial charge in [-0.1, -0.05) is 54.6 Å². The topological polar surface area (TPSA) is 127 Å². The van der Waals surface area contributed by atoms with Gasteiger partial charge in [-0.15, -0.1) is 0 Å². The van der Waals surface area contributed by atoms with Crippen LogP contribution in [0, 0.1) is 0 Å². The number of methoxy groups -OCH3 is 1. The Labute approximate surface area is 247 Å². The maximum Gasteiger partial charge on any atom is 0.356 e. The molecule has 0 unspecified atom stereocenters. The summed E-state index contributed by atoms with van der Waals surface area (Å²) in [4.78, 5) is 55.5. The van der Waals surface area contributed by atoms with Crippen molar-refractivity contribution in [1.29, 1.82) is 0 Å². The van der Waals surface area contributed by atoms with Gasteiger partial charge in [0, 0.05) is 6.20 Å². The number of nitrogens with zero attached hydrogens (tertiary/aromatic N) is 1. The Morgan fingerprint density at radius 3 is 1.72 bits per heavy atom. The van der Waals surface area contributed by atoms with Gasteiger partial charge in [0.2, 0.25) is 0 Å². The summed E-state index contributed by atoms with van der Waals surface area (Å²) >= 11 is 0. The van der Waals surface area contributed by atoms with Crippen LogP contribution in [0.1, 0.15) is 53.2 Å². The van der Waals surface area contributed by atoms with E-state index < -0.39 is 48.3 Å². The minimum atomic E-state index is -1.20. The van der Waals surface area contributed by atoms with Crippen LogP contribution in [0.4, 0.5) is 0 Å². The number of hydrogen-bond acceptors (Lipinski definition) is 10. The maximum absolute atomic E-state index is 13.3. The predicted molar refractivity (Wildman–Crippen MR) is 151 cm³/mol. The molecule has 1 aliphatic heterocycles. The fraction of sp³-hybridized carbons (Fsp3) is 0.182. The zero-order valence-electron chi connectivity index (χ0n) is 23.0. The van der Waals surface area contributed by atoms with E-state index in [1.54, 1.807) is 97.1 Å². The minimum Gasteiger partial charge on any atom is -0.464 e. The molecule has 2 heterocycles. The minimum absolute atomic E-state index is 0.00600. The van der Waals surface area contributed by atoms with Crippen LogP contribution < -0.4 is 0 Å². The molecular weight excluding hydrogens is 554 g/mol. The summed E-state index contributed by atoms with van der Waals surface area (Å²) in [5, 5.41) is 0. The first-order valence-electron chi connectivity index (χ1n) is 13.4. The number of carbonyl (C=O) groups excluding carboxylic acids is 4. The van der Waals surface area contributed by atoms with Gasteiger partial charge in [0.1, 0.15) is 24.5 Å². The molecule has 0 radical (unpaired) electrons. The monoisotopic (exact) mass is 581 g/mol. The first kappa shape index (κ1) is 29.2. The van der Waals surface area contributed by atoms with E-state index in [0.717, 1.165) is 0 Å². The first-order valence-corrected chi connectivity index (χ1v) is 13.4. The van der Waals surface area contributed by atoms with Gasteiger partial charge in [0.15, 0.2) is 12.2 Å². The van der Waals surface area contributed by atoms with Crippen molar-refractivity contribution in [2.24, 2.45) is 0 Å². The SMILES string of the molecule is COC(=O)c1cc([C@@H]2O[C@H](COC(=O)c3ccccc3)[C@@H](OC(=O)c3ccccc3)[C@H]2OC(=O)c2ccccc2)ccn1. The number of hydrogen-bond donors (Lipinski definition) is 0. The van der Waals surface area contributed by atoms with Crippen LogP contribution in [0.25, 0.3) is 0 Å². The fourth-order valence-corrected chi connectivity index (χ4v) is 4.59. The van der Waals surface area contributed by atoms with Crippen LogP contribution in [-0.2, 0) is 23.7 Å². The molecule has 1 saturated heterocycles. The lowest BCUT2D eigenvalue weighted by Gasteiger charge is -2.25. The van der Waals surface area contributed by atoms with Crippen LogP contribution in [-0.4, -0.2) is 60.9 Å². The Morgan fingerprint density at radius 2 is 1.19 bits per heavy atom. The zero-order chi connectivity index (χ0) is 30.2. The van der Waals surface area contributed by atoms with E-state index in [2.05, 4.69) is 4.98 Å². The third kappa shape index (κ3) is 6.94. The van der Waals surface area contributed by atoms with Crippen LogP contribution in [0.3, 0.4) is 0 Å². The van der Waals surface area contributed by atoms with E-state index in [-0.39, 0.29) is 23.4 Å². The van der Waals surface area contributed by atoms with Crippen molar-refractivity contribution in [3.63, 3.8) is 0 Å². The van der Waals surface area contributed by atoms with Gasteiger partial charge in [0.05, 0.1) is 23.8 Å². The van der Waals surface area contributed by atoms with Gasteiger partial charge < -0.3 is 23.7 Å². The average Bonchev–Trinajstić information content (AvgIpc) is 3.40. The molecule has 1 fully saturated rings. The number of pyridine rings is 1. The lowest BCUT2D eigenvalue weighted by Crippen LogP contribution is -2.40. The molecule has 10 nitrogen and oxygen atoms in total. The number of ether oxygens (including phenoxy) is 5. The van der Waals surface area contributed by atoms with E-state index in [1.807, 2.05) is 0 Å². The van der Waals surface area contributed by atoms with Crippen LogP contribution >= 0.6 is 0 Å². The van der Waals surface area contributed by atoms with E-state index in [1.165, 1.54) is 19.4 Å². The van der Waals surface area contributed by atoms with Crippen LogP contribution in [0.5, 0.6) is 0 Å². The van der Waals surface area contributed by atoms with Crippen molar-refractivity contribution in [1.82, 2.24) is 4.98 Å². The average molecular weight is 582 g/mol. The molecule has 10 heteroatoms. The summed E-state index contributed by atoms with van der Waals surface area (Å²) in [6.07, 6.45) is -3.10. The number of esters is 4. The second-order valence-electron chi connectivity index (χ2n) is 9.50. The molecule has 0 aliphatic carbocycles. The molecule has 0 saturated carbocycles. The smallest absolute Gasteiger partial charge is 0.356 e. The molecule has 43 heavy (non-hydrogen) atoms. The molecule has 218 valence electrons. The normalized spacial score (nSPS) is 19.2. The highest BCUT2D eigenvalue weighted by molar-refractivity contribution is 5.91. The zero-order valence-corrected chi connectivity index (χ0v) is 23.0. The Bertz CT molecular complexity index is 1580. The molecule has 1 aromatic heterocycles. The molecule has 0 amide bonds. The summed E-state index contributed by atoms with van der Waals surface area (Å²) in [6, 6.07) is 27.9. The second kappa shape index (κ2) is 13.5. The Balaban J connectivity index is 1.50. The van der Waals surface area contributed by atoms with E-state index in [0.29, 0.717) is 11.1 Å².